The third-order valence-corrected chi connectivity index (χ3v) is 2.32. The van der Waals surface area contributed by atoms with Gasteiger partial charge >= 0.3 is 0 Å². The van der Waals surface area contributed by atoms with E-state index in [-0.39, 0.29) is 0 Å². The van der Waals surface area contributed by atoms with Crippen LogP contribution in [-0.2, 0) is 6.54 Å². The van der Waals surface area contributed by atoms with Gasteiger partial charge in [-0.05, 0) is 24.6 Å². The number of rotatable bonds is 5. The normalized spacial score (nSPS) is 9.00. The molecular weight excluding hydrogens is 212 g/mol. The molecule has 0 spiro atoms. The van der Waals surface area contributed by atoms with E-state index in [9.17, 15) is 0 Å². The quantitative estimate of drug-likeness (QED) is 0.620. The lowest BCUT2D eigenvalue weighted by Gasteiger charge is -2.06. The molecule has 0 atom stereocenters. The second kappa shape index (κ2) is 7.33. The number of nitrogens with zero attached hydrogens (tertiary/aromatic N) is 1. The Hall–Kier alpha value is -1.97. The number of nitrogens with one attached hydrogen (secondary N) is 1. The molecule has 0 fully saturated rings. The SMILES string of the molecule is CC#CCCNCc1ccc(OC)c(C#N)c1. The highest BCUT2D eigenvalue weighted by atomic mass is 16.5. The molecule has 0 amide bonds. The van der Waals surface area contributed by atoms with Gasteiger partial charge in [-0.1, -0.05) is 6.07 Å². The van der Waals surface area contributed by atoms with Crippen molar-refractivity contribution in [1.82, 2.24) is 5.32 Å². The number of hydrogen-bond donors (Lipinski definition) is 1. The van der Waals surface area contributed by atoms with Crippen LogP contribution in [0.15, 0.2) is 18.2 Å². The molecule has 0 bridgehead atoms. The van der Waals surface area contributed by atoms with Crippen LogP contribution in [0.4, 0.5) is 0 Å². The summed E-state index contributed by atoms with van der Waals surface area (Å²) < 4.78 is 5.09. The lowest BCUT2D eigenvalue weighted by molar-refractivity contribution is 0.413. The van der Waals surface area contributed by atoms with Gasteiger partial charge in [-0.2, -0.15) is 5.26 Å². The van der Waals surface area contributed by atoms with Crippen LogP contribution in [0.1, 0.15) is 24.5 Å². The molecule has 0 saturated carbocycles. The van der Waals surface area contributed by atoms with E-state index >= 15 is 0 Å². The molecule has 0 aliphatic carbocycles. The predicted octanol–water partition coefficient (Wildman–Crippen LogP) is 2.07. The van der Waals surface area contributed by atoms with Crippen molar-refractivity contribution in [2.24, 2.45) is 0 Å². The Balaban J connectivity index is 2.54. The van der Waals surface area contributed by atoms with Crippen LogP contribution in [0, 0.1) is 23.2 Å². The van der Waals surface area contributed by atoms with E-state index < -0.39 is 0 Å². The van der Waals surface area contributed by atoms with E-state index in [1.165, 1.54) is 0 Å². The second-order valence-corrected chi connectivity index (χ2v) is 3.50. The van der Waals surface area contributed by atoms with Crippen LogP contribution in [0.25, 0.3) is 0 Å². The molecule has 0 aliphatic rings. The summed E-state index contributed by atoms with van der Waals surface area (Å²) in [5.74, 6) is 6.46. The van der Waals surface area contributed by atoms with Gasteiger partial charge < -0.3 is 10.1 Å². The fourth-order valence-corrected chi connectivity index (χ4v) is 1.46. The smallest absolute Gasteiger partial charge is 0.136 e. The standard InChI is InChI=1S/C14H16N2O/c1-3-4-5-8-16-11-12-6-7-14(17-2)13(9-12)10-15/h6-7,9,16H,5,8,11H2,1-2H3. The number of benzene rings is 1. The van der Waals surface area contributed by atoms with Crippen molar-refractivity contribution in [2.45, 2.75) is 19.9 Å². The summed E-state index contributed by atoms with van der Waals surface area (Å²) in [7, 11) is 1.57. The highest BCUT2D eigenvalue weighted by molar-refractivity contribution is 5.45. The van der Waals surface area contributed by atoms with E-state index in [0.29, 0.717) is 11.3 Å². The molecule has 88 valence electrons. The molecular formula is C14H16N2O. The number of methoxy groups -OCH3 is 1. The summed E-state index contributed by atoms with van der Waals surface area (Å²) in [4.78, 5) is 0. The van der Waals surface area contributed by atoms with E-state index in [4.69, 9.17) is 10.00 Å². The Morgan fingerprint density at radius 1 is 1.41 bits per heavy atom. The Labute approximate surface area is 102 Å². The zero-order valence-corrected chi connectivity index (χ0v) is 10.2. The van der Waals surface area contributed by atoms with E-state index in [2.05, 4.69) is 23.2 Å². The Morgan fingerprint density at radius 2 is 2.24 bits per heavy atom. The number of nitriles is 1. The Kier molecular flexibility index (Phi) is 5.64. The molecule has 0 aromatic heterocycles. The van der Waals surface area contributed by atoms with Gasteiger partial charge in [0.1, 0.15) is 11.8 Å². The molecule has 0 radical (unpaired) electrons. The van der Waals surface area contributed by atoms with Gasteiger partial charge in [0.05, 0.1) is 12.7 Å². The van der Waals surface area contributed by atoms with Crippen molar-refractivity contribution >= 4 is 0 Å². The minimum atomic E-state index is 0.570. The van der Waals surface area contributed by atoms with Crippen LogP contribution in [0.3, 0.4) is 0 Å². The monoisotopic (exact) mass is 228 g/mol. The molecule has 1 rings (SSSR count). The summed E-state index contributed by atoms with van der Waals surface area (Å²) >= 11 is 0. The third kappa shape index (κ3) is 4.18. The maximum Gasteiger partial charge on any atom is 0.136 e. The molecule has 3 nitrogen and oxygen atoms in total. The summed E-state index contributed by atoms with van der Waals surface area (Å²) in [6.45, 7) is 3.43. The first-order valence-electron chi connectivity index (χ1n) is 5.49. The van der Waals surface area contributed by atoms with Gasteiger partial charge in [-0.3, -0.25) is 0 Å². The van der Waals surface area contributed by atoms with Gasteiger partial charge in [0, 0.05) is 19.5 Å². The number of ether oxygens (including phenoxy) is 1. The summed E-state index contributed by atoms with van der Waals surface area (Å²) in [5.41, 5.74) is 1.65. The first-order valence-corrected chi connectivity index (χ1v) is 5.49. The number of hydrogen-bond acceptors (Lipinski definition) is 3. The lowest BCUT2D eigenvalue weighted by atomic mass is 10.1. The van der Waals surface area contributed by atoms with Gasteiger partial charge in [0.25, 0.3) is 0 Å². The van der Waals surface area contributed by atoms with E-state index in [1.54, 1.807) is 7.11 Å². The lowest BCUT2D eigenvalue weighted by Crippen LogP contribution is -2.14. The average molecular weight is 228 g/mol. The molecule has 1 N–H and O–H groups in total. The van der Waals surface area contributed by atoms with Crippen LogP contribution in [0.2, 0.25) is 0 Å². The molecule has 0 unspecified atom stereocenters. The molecule has 0 heterocycles. The molecule has 1 aromatic rings. The highest BCUT2D eigenvalue weighted by Crippen LogP contribution is 2.18. The average Bonchev–Trinajstić information content (AvgIpc) is 2.38. The molecule has 17 heavy (non-hydrogen) atoms. The van der Waals surface area contributed by atoms with Crippen LogP contribution >= 0.6 is 0 Å². The minimum absolute atomic E-state index is 0.570. The fraction of sp³-hybridized carbons (Fsp3) is 0.357. The zero-order valence-electron chi connectivity index (χ0n) is 10.2. The van der Waals surface area contributed by atoms with Crippen LogP contribution in [0.5, 0.6) is 5.75 Å². The summed E-state index contributed by atoms with van der Waals surface area (Å²) in [6.07, 6.45) is 0.845. The highest BCUT2D eigenvalue weighted by Gasteiger charge is 2.02. The Morgan fingerprint density at radius 3 is 2.88 bits per heavy atom. The first-order chi connectivity index (χ1) is 8.31. The van der Waals surface area contributed by atoms with Crippen molar-refractivity contribution in [3.8, 4) is 23.7 Å². The van der Waals surface area contributed by atoms with Crippen molar-refractivity contribution in [2.75, 3.05) is 13.7 Å². The van der Waals surface area contributed by atoms with Gasteiger partial charge in [0.2, 0.25) is 0 Å². The zero-order chi connectivity index (χ0) is 12.5. The fourth-order valence-electron chi connectivity index (χ4n) is 1.46. The topological polar surface area (TPSA) is 45.0 Å². The third-order valence-electron chi connectivity index (χ3n) is 2.32. The largest absolute Gasteiger partial charge is 0.495 e. The van der Waals surface area contributed by atoms with Crippen LogP contribution in [-0.4, -0.2) is 13.7 Å². The molecule has 1 aromatic carbocycles. The predicted molar refractivity (Wildman–Crippen MR) is 67.5 cm³/mol. The summed E-state index contributed by atoms with van der Waals surface area (Å²) in [5, 5.41) is 12.2. The molecule has 0 saturated heterocycles. The maximum absolute atomic E-state index is 8.95. The van der Waals surface area contributed by atoms with Crippen molar-refractivity contribution < 1.29 is 4.74 Å². The minimum Gasteiger partial charge on any atom is -0.495 e. The van der Waals surface area contributed by atoms with Gasteiger partial charge in [-0.25, -0.2) is 0 Å². The van der Waals surface area contributed by atoms with Crippen molar-refractivity contribution in [3.05, 3.63) is 29.3 Å². The molecule has 0 aliphatic heterocycles. The van der Waals surface area contributed by atoms with Gasteiger partial charge in [0.15, 0.2) is 0 Å². The maximum atomic E-state index is 8.95. The molecule has 3 heteroatoms. The van der Waals surface area contributed by atoms with Gasteiger partial charge in [-0.15, -0.1) is 11.8 Å². The van der Waals surface area contributed by atoms with Crippen molar-refractivity contribution in [1.29, 1.82) is 5.26 Å². The Bertz CT molecular complexity index is 463. The second-order valence-electron chi connectivity index (χ2n) is 3.50. The van der Waals surface area contributed by atoms with Crippen molar-refractivity contribution in [3.63, 3.8) is 0 Å². The first kappa shape index (κ1) is 13.1. The summed E-state index contributed by atoms with van der Waals surface area (Å²) in [6, 6.07) is 7.74. The van der Waals surface area contributed by atoms with E-state index in [1.807, 2.05) is 25.1 Å². The van der Waals surface area contributed by atoms with E-state index in [0.717, 1.165) is 25.1 Å². The van der Waals surface area contributed by atoms with Crippen LogP contribution < -0.4 is 10.1 Å².